The molecule has 0 aromatic carbocycles. The van der Waals surface area contributed by atoms with Gasteiger partial charge in [0.15, 0.2) is 0 Å². The van der Waals surface area contributed by atoms with Crippen LogP contribution in [0.1, 0.15) is 26.7 Å². The van der Waals surface area contributed by atoms with E-state index in [1.54, 1.807) is 0 Å². The Morgan fingerprint density at radius 2 is 1.50 bits per heavy atom. The van der Waals surface area contributed by atoms with Crippen LogP contribution in [-0.4, -0.2) is 14.3 Å². The first-order chi connectivity index (χ1) is 3.81. The van der Waals surface area contributed by atoms with Crippen LogP contribution in [0.5, 0.6) is 0 Å². The van der Waals surface area contributed by atoms with Crippen LogP contribution in [0.2, 0.25) is 10.5 Å². The summed E-state index contributed by atoms with van der Waals surface area (Å²) in [6, 6.07) is 0. The molecule has 0 heterocycles. The van der Waals surface area contributed by atoms with Crippen molar-refractivity contribution < 1.29 is 3.78 Å². The summed E-state index contributed by atoms with van der Waals surface area (Å²) in [5.74, 6) is 0. The van der Waals surface area contributed by atoms with Gasteiger partial charge >= 0.3 is 55.3 Å². The van der Waals surface area contributed by atoms with Crippen molar-refractivity contribution in [2.24, 2.45) is 0 Å². The molecule has 0 aliphatic rings. The molecule has 0 aromatic heterocycles. The second-order valence-corrected chi connectivity index (χ2v) is 6.40. The third-order valence-electron chi connectivity index (χ3n) is 1.06. The third-order valence-corrected chi connectivity index (χ3v) is 5.50. The molecule has 0 saturated carbocycles. The zero-order chi connectivity index (χ0) is 6.41. The van der Waals surface area contributed by atoms with Crippen molar-refractivity contribution in [1.29, 1.82) is 0 Å². The van der Waals surface area contributed by atoms with Crippen molar-refractivity contribution in [3.8, 4) is 0 Å². The Morgan fingerprint density at radius 3 is 1.75 bits per heavy atom. The van der Waals surface area contributed by atoms with E-state index in [0.29, 0.717) is 0 Å². The van der Waals surface area contributed by atoms with Crippen LogP contribution in [0.4, 0.5) is 0 Å². The maximum atomic E-state index is 10.9. The second-order valence-electron chi connectivity index (χ2n) is 2.04. The van der Waals surface area contributed by atoms with Crippen molar-refractivity contribution >= 4 is 14.3 Å². The average molecular weight is 175 g/mol. The number of hydrogen-bond donors (Lipinski definition) is 0. The van der Waals surface area contributed by atoms with Crippen LogP contribution in [-0.2, 0) is 3.78 Å². The van der Waals surface area contributed by atoms with Crippen LogP contribution in [0.15, 0.2) is 0 Å². The molecular formula is C6H14GeO. The molecule has 0 aromatic rings. The van der Waals surface area contributed by atoms with Gasteiger partial charge in [-0.1, -0.05) is 0 Å². The first-order valence-corrected chi connectivity index (χ1v) is 7.15. The predicted molar refractivity (Wildman–Crippen MR) is 36.6 cm³/mol. The molecule has 48 valence electrons. The molecule has 2 heteroatoms. The molecule has 0 saturated heterocycles. The molecule has 8 heavy (non-hydrogen) atoms. The van der Waals surface area contributed by atoms with Crippen LogP contribution in [0.3, 0.4) is 0 Å². The summed E-state index contributed by atoms with van der Waals surface area (Å²) in [4.78, 5) is 0. The second kappa shape index (κ2) is 5.48. The van der Waals surface area contributed by atoms with Crippen molar-refractivity contribution in [3.05, 3.63) is 0 Å². The summed E-state index contributed by atoms with van der Waals surface area (Å²) >= 11 is -1.69. The topological polar surface area (TPSA) is 17.1 Å². The van der Waals surface area contributed by atoms with Gasteiger partial charge in [0.1, 0.15) is 0 Å². The zero-order valence-corrected chi connectivity index (χ0v) is 7.83. The molecule has 0 bridgehead atoms. The summed E-state index contributed by atoms with van der Waals surface area (Å²) in [6.07, 6.45) is 2.22. The van der Waals surface area contributed by atoms with Crippen molar-refractivity contribution in [3.63, 3.8) is 0 Å². The monoisotopic (exact) mass is 176 g/mol. The van der Waals surface area contributed by atoms with Crippen molar-refractivity contribution in [2.45, 2.75) is 37.2 Å². The Kier molecular flexibility index (Phi) is 5.71. The Morgan fingerprint density at radius 1 is 1.12 bits per heavy atom. The molecule has 0 spiro atoms. The van der Waals surface area contributed by atoms with E-state index >= 15 is 0 Å². The first-order valence-electron chi connectivity index (χ1n) is 3.33. The summed E-state index contributed by atoms with van der Waals surface area (Å²) in [5, 5.41) is 2.04. The van der Waals surface area contributed by atoms with E-state index in [1.165, 1.54) is 0 Å². The Labute approximate surface area is 55.8 Å². The van der Waals surface area contributed by atoms with E-state index in [2.05, 4.69) is 13.8 Å². The molecule has 0 radical (unpaired) electrons. The van der Waals surface area contributed by atoms with Gasteiger partial charge in [0.2, 0.25) is 0 Å². The van der Waals surface area contributed by atoms with E-state index in [-0.39, 0.29) is 0 Å². The van der Waals surface area contributed by atoms with Gasteiger partial charge in [-0.15, -0.1) is 0 Å². The van der Waals surface area contributed by atoms with Crippen molar-refractivity contribution in [1.82, 2.24) is 0 Å². The van der Waals surface area contributed by atoms with Gasteiger partial charge in [-0.25, -0.2) is 0 Å². The molecule has 0 aliphatic carbocycles. The van der Waals surface area contributed by atoms with Gasteiger partial charge in [-0.2, -0.15) is 0 Å². The van der Waals surface area contributed by atoms with Gasteiger partial charge in [-0.05, 0) is 0 Å². The number of rotatable bonds is 4. The quantitative estimate of drug-likeness (QED) is 0.598. The van der Waals surface area contributed by atoms with Gasteiger partial charge in [0.05, 0.1) is 0 Å². The molecule has 0 N–H and O–H groups in total. The van der Waals surface area contributed by atoms with E-state index in [0.717, 1.165) is 23.3 Å². The Hall–Kier alpha value is 0.343. The zero-order valence-electron chi connectivity index (χ0n) is 5.74. The first kappa shape index (κ1) is 8.34. The van der Waals surface area contributed by atoms with Gasteiger partial charge < -0.3 is 0 Å². The third kappa shape index (κ3) is 4.50. The minimum atomic E-state index is -1.69. The van der Waals surface area contributed by atoms with E-state index < -0.39 is 14.3 Å². The molecular weight excluding hydrogens is 161 g/mol. The summed E-state index contributed by atoms with van der Waals surface area (Å²) < 4.78 is 10.9. The van der Waals surface area contributed by atoms with Gasteiger partial charge in [-0.3, -0.25) is 0 Å². The van der Waals surface area contributed by atoms with Crippen LogP contribution in [0, 0.1) is 0 Å². The van der Waals surface area contributed by atoms with Crippen LogP contribution in [0.25, 0.3) is 0 Å². The van der Waals surface area contributed by atoms with Crippen LogP contribution < -0.4 is 0 Å². The Bertz CT molecular complexity index is 62.9. The van der Waals surface area contributed by atoms with Crippen LogP contribution >= 0.6 is 0 Å². The molecule has 1 nitrogen and oxygen atoms in total. The molecule has 0 amide bonds. The van der Waals surface area contributed by atoms with E-state index in [1.807, 2.05) is 0 Å². The van der Waals surface area contributed by atoms with Crippen molar-refractivity contribution in [2.75, 3.05) is 0 Å². The summed E-state index contributed by atoms with van der Waals surface area (Å²) in [6.45, 7) is 4.20. The standard InChI is InChI=1S/C6H14GeO/c1-3-5-7(8)6-4-2/h3-6H2,1-2H3. The molecule has 0 unspecified atom stereocenters. The minimum absolute atomic E-state index is 1.02. The molecule has 0 atom stereocenters. The maximum absolute atomic E-state index is 10.9. The van der Waals surface area contributed by atoms with E-state index in [9.17, 15) is 3.78 Å². The normalized spacial score (nSPS) is 9.25. The number of hydrogen-bond acceptors (Lipinski definition) is 1. The summed E-state index contributed by atoms with van der Waals surface area (Å²) in [5.41, 5.74) is 0. The average Bonchev–Trinajstić information content (AvgIpc) is 1.68. The molecule has 0 aliphatic heterocycles. The fourth-order valence-corrected chi connectivity index (χ4v) is 3.55. The Balaban J connectivity index is 3.06. The molecule has 0 rings (SSSR count). The van der Waals surface area contributed by atoms with Gasteiger partial charge in [0, 0.05) is 0 Å². The van der Waals surface area contributed by atoms with E-state index in [4.69, 9.17) is 0 Å². The van der Waals surface area contributed by atoms with Gasteiger partial charge in [0.25, 0.3) is 0 Å². The fraction of sp³-hybridized carbons (Fsp3) is 1.00. The fourth-order valence-electron chi connectivity index (χ4n) is 0.683. The SMILES string of the molecule is CC[CH2][Ge](=[O])[CH2]CC. The predicted octanol–water partition coefficient (Wildman–Crippen LogP) is 2.23. The molecule has 0 fully saturated rings. The summed E-state index contributed by atoms with van der Waals surface area (Å²) in [7, 11) is 0.